The number of rotatable bonds is 7. The van der Waals surface area contributed by atoms with Gasteiger partial charge >= 0.3 is 12.0 Å². The van der Waals surface area contributed by atoms with Crippen LogP contribution in [0.1, 0.15) is 44.1 Å². The van der Waals surface area contributed by atoms with E-state index >= 15 is 0 Å². The number of carbonyl (C=O) groups is 2. The highest BCUT2D eigenvalue weighted by Crippen LogP contribution is 2.36. The van der Waals surface area contributed by atoms with Gasteiger partial charge in [-0.1, -0.05) is 19.1 Å². The molecule has 0 aromatic heterocycles. The first-order chi connectivity index (χ1) is 12.4. The molecular formula is C19H26FN3O3. The normalized spacial score (nSPS) is 27.3. The molecule has 0 aliphatic heterocycles. The van der Waals surface area contributed by atoms with Crippen LogP contribution in [0.4, 0.5) is 9.18 Å². The summed E-state index contributed by atoms with van der Waals surface area (Å²) in [5.41, 5.74) is 1.12. The Balaban J connectivity index is 1.34. The van der Waals surface area contributed by atoms with Crippen LogP contribution >= 0.6 is 0 Å². The van der Waals surface area contributed by atoms with Gasteiger partial charge in [0.05, 0.1) is 6.54 Å². The minimum Gasteiger partial charge on any atom is -0.480 e. The molecule has 3 N–H and O–H groups in total. The lowest BCUT2D eigenvalue weighted by atomic mass is 9.76. The fourth-order valence-corrected chi connectivity index (χ4v) is 3.83. The summed E-state index contributed by atoms with van der Waals surface area (Å²) in [7, 11) is 0. The highest BCUT2D eigenvalue weighted by molar-refractivity contribution is 5.75. The lowest BCUT2D eigenvalue weighted by Crippen LogP contribution is -2.58. The molecule has 0 radical (unpaired) electrons. The Kier molecular flexibility index (Phi) is 5.76. The maximum Gasteiger partial charge on any atom is 0.317 e. The van der Waals surface area contributed by atoms with Gasteiger partial charge < -0.3 is 15.7 Å². The van der Waals surface area contributed by atoms with Gasteiger partial charge in [-0.2, -0.15) is 0 Å². The highest BCUT2D eigenvalue weighted by atomic mass is 19.1. The third-order valence-corrected chi connectivity index (χ3v) is 5.52. The predicted molar refractivity (Wildman–Crippen MR) is 95.5 cm³/mol. The number of nitrogens with one attached hydrogen (secondary N) is 2. The molecule has 0 bridgehead atoms. The van der Waals surface area contributed by atoms with Crippen molar-refractivity contribution in [2.24, 2.45) is 0 Å². The summed E-state index contributed by atoms with van der Waals surface area (Å²) in [5, 5.41) is 14.9. The minimum atomic E-state index is -0.818. The van der Waals surface area contributed by atoms with E-state index in [1.54, 1.807) is 12.1 Å². The number of aliphatic carboxylic acids is 1. The molecule has 0 spiro atoms. The summed E-state index contributed by atoms with van der Waals surface area (Å²) in [4.78, 5) is 24.8. The monoisotopic (exact) mass is 363 g/mol. The van der Waals surface area contributed by atoms with Crippen molar-refractivity contribution < 1.29 is 19.1 Å². The van der Waals surface area contributed by atoms with Gasteiger partial charge in [0, 0.05) is 18.1 Å². The van der Waals surface area contributed by atoms with Crippen molar-refractivity contribution in [2.45, 2.75) is 56.7 Å². The maximum absolute atomic E-state index is 12.9. The first kappa shape index (κ1) is 18.6. The number of hydrogen-bond acceptors (Lipinski definition) is 3. The van der Waals surface area contributed by atoms with Gasteiger partial charge in [0.15, 0.2) is 0 Å². The molecule has 2 fully saturated rings. The van der Waals surface area contributed by atoms with E-state index in [0.717, 1.165) is 31.2 Å². The summed E-state index contributed by atoms with van der Waals surface area (Å²) < 4.78 is 12.9. The van der Waals surface area contributed by atoms with Crippen molar-refractivity contribution in [3.05, 3.63) is 35.6 Å². The van der Waals surface area contributed by atoms with Crippen LogP contribution in [0.2, 0.25) is 0 Å². The molecular weight excluding hydrogens is 337 g/mol. The maximum atomic E-state index is 12.9. The number of benzene rings is 1. The molecule has 0 atom stereocenters. The lowest BCUT2D eigenvalue weighted by molar-refractivity contribution is -0.139. The number of carboxylic acid groups (broad SMARTS) is 1. The van der Waals surface area contributed by atoms with E-state index in [1.807, 2.05) is 11.8 Å². The van der Waals surface area contributed by atoms with Crippen molar-refractivity contribution in [3.63, 3.8) is 0 Å². The smallest absolute Gasteiger partial charge is 0.317 e. The topological polar surface area (TPSA) is 81.7 Å². The predicted octanol–water partition coefficient (Wildman–Crippen LogP) is 2.31. The number of hydrogen-bond donors (Lipinski definition) is 3. The summed E-state index contributed by atoms with van der Waals surface area (Å²) in [6.45, 7) is 2.69. The average Bonchev–Trinajstić information content (AvgIpc) is 2.52. The zero-order valence-corrected chi connectivity index (χ0v) is 15.0. The van der Waals surface area contributed by atoms with Gasteiger partial charge in [0.2, 0.25) is 0 Å². The van der Waals surface area contributed by atoms with Crippen LogP contribution in [0, 0.1) is 5.82 Å². The molecule has 6 nitrogen and oxygen atoms in total. The molecule has 2 saturated carbocycles. The molecule has 7 heteroatoms. The molecule has 1 aromatic carbocycles. The van der Waals surface area contributed by atoms with Gasteiger partial charge in [-0.25, -0.2) is 9.18 Å². The van der Waals surface area contributed by atoms with E-state index in [0.29, 0.717) is 12.5 Å². The molecule has 2 aliphatic rings. The summed E-state index contributed by atoms with van der Waals surface area (Å²) in [6.07, 6.45) is 3.32. The Hall–Kier alpha value is -2.15. The number of carboxylic acids is 1. The van der Waals surface area contributed by atoms with Crippen molar-refractivity contribution in [1.82, 2.24) is 15.5 Å². The van der Waals surface area contributed by atoms with E-state index in [4.69, 9.17) is 5.11 Å². The Morgan fingerprint density at radius 2 is 1.69 bits per heavy atom. The molecule has 0 saturated heterocycles. The van der Waals surface area contributed by atoms with Crippen LogP contribution in [0.15, 0.2) is 24.3 Å². The SMILES string of the molecule is CCN(CC(=O)O)C1CC(NC(=O)NC2CC(c3ccc(F)cc3)C2)C1. The molecule has 0 unspecified atom stereocenters. The average molecular weight is 363 g/mol. The zero-order valence-electron chi connectivity index (χ0n) is 15.0. The number of amides is 2. The van der Waals surface area contributed by atoms with Crippen LogP contribution < -0.4 is 10.6 Å². The molecule has 2 amide bonds. The van der Waals surface area contributed by atoms with E-state index in [9.17, 15) is 14.0 Å². The molecule has 142 valence electrons. The van der Waals surface area contributed by atoms with Crippen LogP contribution in [-0.2, 0) is 4.79 Å². The molecule has 26 heavy (non-hydrogen) atoms. The van der Waals surface area contributed by atoms with E-state index in [-0.39, 0.29) is 36.5 Å². The first-order valence-corrected chi connectivity index (χ1v) is 9.23. The molecule has 3 rings (SSSR count). The quantitative estimate of drug-likeness (QED) is 0.694. The number of halogens is 1. The van der Waals surface area contributed by atoms with Gasteiger partial charge in [0.25, 0.3) is 0 Å². The number of nitrogens with zero attached hydrogens (tertiary/aromatic N) is 1. The second-order valence-corrected chi connectivity index (χ2v) is 7.31. The van der Waals surface area contributed by atoms with Gasteiger partial charge in [-0.3, -0.25) is 9.69 Å². The van der Waals surface area contributed by atoms with Crippen molar-refractivity contribution >= 4 is 12.0 Å². The number of carbonyl (C=O) groups excluding carboxylic acids is 1. The van der Waals surface area contributed by atoms with E-state index < -0.39 is 5.97 Å². The third-order valence-electron chi connectivity index (χ3n) is 5.52. The number of likely N-dealkylation sites (N-methyl/N-ethyl adjacent to an activating group) is 1. The lowest BCUT2D eigenvalue weighted by Gasteiger charge is -2.43. The van der Waals surface area contributed by atoms with Crippen LogP contribution in [0.25, 0.3) is 0 Å². The Bertz CT molecular complexity index is 640. The van der Waals surface area contributed by atoms with E-state index in [1.165, 1.54) is 12.1 Å². The van der Waals surface area contributed by atoms with Crippen LogP contribution in [-0.4, -0.2) is 53.2 Å². The fraction of sp³-hybridized carbons (Fsp3) is 0.579. The highest BCUT2D eigenvalue weighted by Gasteiger charge is 2.36. The molecule has 1 aromatic rings. The van der Waals surface area contributed by atoms with Crippen molar-refractivity contribution in [2.75, 3.05) is 13.1 Å². The Morgan fingerprint density at radius 3 is 2.23 bits per heavy atom. The number of urea groups is 1. The summed E-state index contributed by atoms with van der Waals surface area (Å²) in [5.74, 6) is -0.671. The van der Waals surface area contributed by atoms with Crippen molar-refractivity contribution in [1.29, 1.82) is 0 Å². The van der Waals surface area contributed by atoms with Crippen LogP contribution in [0.5, 0.6) is 0 Å². The molecule has 2 aliphatic carbocycles. The minimum absolute atomic E-state index is 0.0485. The van der Waals surface area contributed by atoms with Crippen LogP contribution in [0.3, 0.4) is 0 Å². The zero-order chi connectivity index (χ0) is 18.7. The first-order valence-electron chi connectivity index (χ1n) is 9.23. The van der Waals surface area contributed by atoms with Gasteiger partial charge in [0.1, 0.15) is 5.82 Å². The third kappa shape index (κ3) is 4.52. The Labute approximate surface area is 152 Å². The largest absolute Gasteiger partial charge is 0.480 e. The standard InChI is InChI=1S/C19H26FN3O3/c1-2-23(11-18(24)25)17-9-16(10-17)22-19(26)21-15-7-13(8-15)12-3-5-14(20)6-4-12/h3-6,13,15-17H,2,7-11H2,1H3,(H,24,25)(H2,21,22,26). The van der Waals surface area contributed by atoms with Gasteiger partial charge in [-0.05, 0) is 55.8 Å². The second kappa shape index (κ2) is 8.03. The molecule has 0 heterocycles. The van der Waals surface area contributed by atoms with Gasteiger partial charge in [-0.15, -0.1) is 0 Å². The second-order valence-electron chi connectivity index (χ2n) is 7.31. The fourth-order valence-electron chi connectivity index (χ4n) is 3.83. The van der Waals surface area contributed by atoms with E-state index in [2.05, 4.69) is 10.6 Å². The summed E-state index contributed by atoms with van der Waals surface area (Å²) in [6, 6.07) is 6.89. The Morgan fingerprint density at radius 1 is 1.12 bits per heavy atom. The van der Waals surface area contributed by atoms with Crippen molar-refractivity contribution in [3.8, 4) is 0 Å². The summed E-state index contributed by atoms with van der Waals surface area (Å²) >= 11 is 0.